The van der Waals surface area contributed by atoms with Gasteiger partial charge in [-0.1, -0.05) is 18.7 Å². The van der Waals surface area contributed by atoms with E-state index in [1.54, 1.807) is 32.3 Å². The Labute approximate surface area is 138 Å². The van der Waals surface area contributed by atoms with Crippen LogP contribution in [0.1, 0.15) is 23.2 Å². The van der Waals surface area contributed by atoms with E-state index in [1.807, 2.05) is 17.8 Å². The van der Waals surface area contributed by atoms with E-state index in [0.717, 1.165) is 5.16 Å². The molecule has 1 N–H and O–H groups in total. The summed E-state index contributed by atoms with van der Waals surface area (Å²) in [6, 6.07) is 3.36. The third kappa shape index (κ3) is 4.38. The topological polar surface area (TPSA) is 88.6 Å². The zero-order valence-electron chi connectivity index (χ0n) is 13.2. The third-order valence-corrected chi connectivity index (χ3v) is 4.39. The Bertz CT molecular complexity index is 694. The van der Waals surface area contributed by atoms with Gasteiger partial charge >= 0.3 is 5.97 Å². The first-order chi connectivity index (χ1) is 10.9. The average Bonchev–Trinajstić information content (AvgIpc) is 3.13. The Morgan fingerprint density at radius 3 is 2.83 bits per heavy atom. The molecule has 0 aromatic carbocycles. The largest absolute Gasteiger partial charge is 0.481 e. The minimum absolute atomic E-state index is 0.131. The van der Waals surface area contributed by atoms with Crippen LogP contribution in [0.4, 0.5) is 0 Å². The Morgan fingerprint density at radius 1 is 1.48 bits per heavy atom. The van der Waals surface area contributed by atoms with Crippen LogP contribution in [0.3, 0.4) is 0 Å². The summed E-state index contributed by atoms with van der Waals surface area (Å²) in [6.07, 6.45) is 3.58. The lowest BCUT2D eigenvalue weighted by Crippen LogP contribution is -2.33. The molecule has 0 bridgehead atoms. The molecule has 0 saturated carbocycles. The number of carboxylic acids is 1. The molecular weight excluding hydrogens is 318 g/mol. The zero-order chi connectivity index (χ0) is 17.0. The molecule has 0 aliphatic carbocycles. The van der Waals surface area contributed by atoms with Crippen LogP contribution < -0.4 is 0 Å². The molecule has 124 valence electrons. The van der Waals surface area contributed by atoms with Gasteiger partial charge in [0.15, 0.2) is 10.9 Å². The van der Waals surface area contributed by atoms with E-state index >= 15 is 0 Å². The van der Waals surface area contributed by atoms with E-state index < -0.39 is 11.9 Å². The summed E-state index contributed by atoms with van der Waals surface area (Å²) in [5.41, 5.74) is 0. The average molecular weight is 337 g/mol. The normalized spacial score (nSPS) is 12.1. The van der Waals surface area contributed by atoms with E-state index in [4.69, 9.17) is 9.52 Å². The molecule has 8 heteroatoms. The van der Waals surface area contributed by atoms with Gasteiger partial charge in [-0.3, -0.25) is 9.59 Å². The molecule has 0 radical (unpaired) electrons. The number of carbonyl (C=O) groups is 2. The lowest BCUT2D eigenvalue weighted by atomic mass is 10.2. The van der Waals surface area contributed by atoms with E-state index in [-0.39, 0.29) is 18.2 Å². The Kier molecular flexibility index (Phi) is 5.49. The van der Waals surface area contributed by atoms with Crippen LogP contribution in [0, 0.1) is 5.92 Å². The van der Waals surface area contributed by atoms with Gasteiger partial charge in [-0.25, -0.2) is 4.98 Å². The maximum absolute atomic E-state index is 12.2. The number of aryl methyl sites for hydroxylation is 1. The van der Waals surface area contributed by atoms with Crippen LogP contribution in [0.25, 0.3) is 0 Å². The molecule has 1 amide bonds. The smallest absolute Gasteiger partial charge is 0.308 e. The van der Waals surface area contributed by atoms with Crippen molar-refractivity contribution in [1.82, 2.24) is 14.5 Å². The van der Waals surface area contributed by atoms with Crippen molar-refractivity contribution in [3.63, 3.8) is 0 Å². The van der Waals surface area contributed by atoms with Crippen LogP contribution in [0.5, 0.6) is 0 Å². The summed E-state index contributed by atoms with van der Waals surface area (Å²) in [7, 11) is 3.47. The van der Waals surface area contributed by atoms with Gasteiger partial charge in [0.1, 0.15) is 5.76 Å². The molecule has 0 saturated heterocycles. The lowest BCUT2D eigenvalue weighted by Gasteiger charge is -2.18. The van der Waals surface area contributed by atoms with Crippen LogP contribution in [-0.2, 0) is 17.6 Å². The highest BCUT2D eigenvalue weighted by atomic mass is 32.2. The fourth-order valence-corrected chi connectivity index (χ4v) is 2.78. The maximum atomic E-state index is 12.2. The molecule has 1 atom stereocenters. The quantitative estimate of drug-likeness (QED) is 0.778. The number of amides is 1. The number of imidazole rings is 1. The summed E-state index contributed by atoms with van der Waals surface area (Å²) >= 11 is 1.51. The fourth-order valence-electron chi connectivity index (χ4n) is 1.96. The minimum atomic E-state index is -0.934. The number of nitrogens with zero attached hydrogens (tertiary/aromatic N) is 3. The van der Waals surface area contributed by atoms with Crippen LogP contribution in [0.15, 0.2) is 34.1 Å². The molecule has 0 fully saturated rings. The first kappa shape index (κ1) is 17.1. The number of carbonyl (C=O) groups excluding carboxylic acids is 1. The number of furan rings is 1. The highest BCUT2D eigenvalue weighted by Gasteiger charge is 2.21. The summed E-state index contributed by atoms with van der Waals surface area (Å²) in [4.78, 5) is 28.6. The molecule has 2 heterocycles. The third-order valence-electron chi connectivity index (χ3n) is 3.31. The molecule has 0 aliphatic rings. The second-order valence-corrected chi connectivity index (χ2v) is 6.24. The molecule has 2 aromatic heterocycles. The van der Waals surface area contributed by atoms with Gasteiger partial charge in [-0.15, -0.1) is 0 Å². The molecular formula is C15H19N3O4S. The van der Waals surface area contributed by atoms with Gasteiger partial charge in [0.25, 0.3) is 5.91 Å². The number of hydrogen-bond acceptors (Lipinski definition) is 5. The first-order valence-electron chi connectivity index (χ1n) is 7.05. The number of carboxylic acid groups (broad SMARTS) is 1. The number of aliphatic carboxylic acids is 1. The lowest BCUT2D eigenvalue weighted by molar-refractivity contribution is -0.141. The van der Waals surface area contributed by atoms with Crippen molar-refractivity contribution in [3.8, 4) is 0 Å². The number of aromatic nitrogens is 2. The fraction of sp³-hybridized carbons (Fsp3) is 0.400. The van der Waals surface area contributed by atoms with Gasteiger partial charge < -0.3 is 19.0 Å². The highest BCUT2D eigenvalue weighted by molar-refractivity contribution is 7.98. The van der Waals surface area contributed by atoms with E-state index in [0.29, 0.717) is 11.5 Å². The van der Waals surface area contributed by atoms with Gasteiger partial charge in [0.05, 0.1) is 11.7 Å². The van der Waals surface area contributed by atoms with E-state index in [1.165, 1.54) is 16.7 Å². The van der Waals surface area contributed by atoms with Crippen molar-refractivity contribution < 1.29 is 19.1 Å². The molecule has 23 heavy (non-hydrogen) atoms. The Morgan fingerprint density at radius 2 is 2.22 bits per heavy atom. The number of rotatable bonds is 7. The van der Waals surface area contributed by atoms with Crippen molar-refractivity contribution in [1.29, 1.82) is 0 Å². The molecule has 2 aromatic rings. The second kappa shape index (κ2) is 7.36. The monoisotopic (exact) mass is 337 g/mol. The molecule has 2 rings (SSSR count). The van der Waals surface area contributed by atoms with E-state index in [2.05, 4.69) is 4.98 Å². The second-order valence-electron chi connectivity index (χ2n) is 5.30. The summed E-state index contributed by atoms with van der Waals surface area (Å²) in [6.45, 7) is 1.69. The standard InChI is InChI=1S/C15H19N3O4S/c1-10(14(20)21)8-18(3)13(19)12-5-4-11(22-12)9-23-15-16-6-7-17(15)2/h4-7,10H,8-9H2,1-3H3,(H,20,21). The number of hydrogen-bond donors (Lipinski definition) is 1. The van der Waals surface area contributed by atoms with Crippen molar-refractivity contribution in [2.75, 3.05) is 13.6 Å². The Hall–Kier alpha value is -2.22. The first-order valence-corrected chi connectivity index (χ1v) is 8.04. The highest BCUT2D eigenvalue weighted by Crippen LogP contribution is 2.22. The molecule has 7 nitrogen and oxygen atoms in total. The number of thioether (sulfide) groups is 1. The van der Waals surface area contributed by atoms with Crippen molar-refractivity contribution in [2.24, 2.45) is 13.0 Å². The van der Waals surface area contributed by atoms with Gasteiger partial charge in [-0.2, -0.15) is 0 Å². The van der Waals surface area contributed by atoms with Gasteiger partial charge in [0, 0.05) is 33.0 Å². The maximum Gasteiger partial charge on any atom is 0.308 e. The van der Waals surface area contributed by atoms with Crippen LogP contribution >= 0.6 is 11.8 Å². The van der Waals surface area contributed by atoms with Crippen molar-refractivity contribution in [2.45, 2.75) is 17.8 Å². The van der Waals surface area contributed by atoms with Gasteiger partial charge in [-0.05, 0) is 12.1 Å². The Balaban J connectivity index is 1.94. The van der Waals surface area contributed by atoms with Crippen molar-refractivity contribution >= 4 is 23.6 Å². The molecule has 0 spiro atoms. The summed E-state index contributed by atoms with van der Waals surface area (Å²) in [5.74, 6) is -0.450. The minimum Gasteiger partial charge on any atom is -0.481 e. The van der Waals surface area contributed by atoms with Crippen molar-refractivity contribution in [3.05, 3.63) is 36.0 Å². The van der Waals surface area contributed by atoms with Crippen LogP contribution in [-0.4, -0.2) is 45.0 Å². The zero-order valence-corrected chi connectivity index (χ0v) is 14.0. The van der Waals surface area contributed by atoms with E-state index in [9.17, 15) is 9.59 Å². The predicted octanol–water partition coefficient (Wildman–Crippen LogP) is 2.10. The summed E-state index contributed by atoms with van der Waals surface area (Å²) in [5, 5.41) is 9.76. The molecule has 1 unspecified atom stereocenters. The van der Waals surface area contributed by atoms with Crippen LogP contribution in [0.2, 0.25) is 0 Å². The van der Waals surface area contributed by atoms with Gasteiger partial charge in [0.2, 0.25) is 0 Å². The summed E-state index contributed by atoms with van der Waals surface area (Å²) < 4.78 is 7.45. The SMILES string of the molecule is CC(CN(C)C(=O)c1ccc(CSc2nccn2C)o1)C(=O)O. The molecule has 0 aliphatic heterocycles. The predicted molar refractivity (Wildman–Crippen MR) is 85.2 cm³/mol.